The quantitative estimate of drug-likeness (QED) is 0.300. The van der Waals surface area contributed by atoms with Crippen molar-refractivity contribution in [3.05, 3.63) is 29.8 Å². The van der Waals surface area contributed by atoms with Crippen molar-refractivity contribution in [2.24, 2.45) is 0 Å². The van der Waals surface area contributed by atoms with Crippen molar-refractivity contribution in [3.8, 4) is 5.75 Å². The van der Waals surface area contributed by atoms with Gasteiger partial charge in [-0.25, -0.2) is 9.59 Å². The predicted molar refractivity (Wildman–Crippen MR) is 115 cm³/mol. The lowest BCUT2D eigenvalue weighted by Gasteiger charge is -2.12. The highest BCUT2D eigenvalue weighted by Crippen LogP contribution is 2.14. The van der Waals surface area contributed by atoms with Crippen LogP contribution in [0.2, 0.25) is 0 Å². The number of hydrogen-bond acceptors (Lipinski definition) is 5. The van der Waals surface area contributed by atoms with Gasteiger partial charge in [-0.15, -0.1) is 0 Å². The van der Waals surface area contributed by atoms with Crippen LogP contribution in [-0.4, -0.2) is 47.0 Å². The van der Waals surface area contributed by atoms with Crippen LogP contribution in [0.15, 0.2) is 24.3 Å². The first kappa shape index (κ1) is 26.1. The van der Waals surface area contributed by atoms with E-state index in [2.05, 4.69) is 5.32 Å². The van der Waals surface area contributed by atoms with Gasteiger partial charge in [-0.2, -0.15) is 0 Å². The number of benzene rings is 1. The molecule has 171 valence electrons. The van der Waals surface area contributed by atoms with Gasteiger partial charge in [-0.05, 0) is 43.5 Å². The molecule has 0 aliphatic heterocycles. The Morgan fingerprint density at radius 2 is 1.48 bits per heavy atom. The van der Waals surface area contributed by atoms with E-state index in [0.29, 0.717) is 25.2 Å². The molecule has 0 saturated heterocycles. The Kier molecular flexibility index (Phi) is 13.4. The molecule has 0 aliphatic carbocycles. The fourth-order valence-corrected chi connectivity index (χ4v) is 3.06. The second kappa shape index (κ2) is 15.9. The molecular weight excluding hydrogens is 402 g/mol. The Morgan fingerprint density at radius 3 is 2.03 bits per heavy atom. The zero-order chi connectivity index (χ0) is 22.9. The lowest BCUT2D eigenvalue weighted by atomic mass is 10.1. The van der Waals surface area contributed by atoms with Crippen LogP contribution in [0.3, 0.4) is 0 Å². The second-order valence-corrected chi connectivity index (χ2v) is 7.40. The average Bonchev–Trinajstić information content (AvgIpc) is 2.75. The van der Waals surface area contributed by atoms with Gasteiger partial charge in [0.2, 0.25) is 5.91 Å². The highest BCUT2D eigenvalue weighted by molar-refractivity contribution is 5.87. The Labute approximate surface area is 183 Å². The molecule has 1 aromatic carbocycles. The van der Waals surface area contributed by atoms with Crippen LogP contribution in [-0.2, 0) is 14.4 Å². The van der Waals surface area contributed by atoms with Crippen LogP contribution in [0, 0.1) is 0 Å². The van der Waals surface area contributed by atoms with Crippen molar-refractivity contribution >= 4 is 24.1 Å². The molecule has 0 unspecified atom stereocenters. The maximum absolute atomic E-state index is 11.8. The maximum Gasteiger partial charge on any atom is 0.335 e. The minimum atomic E-state index is -1.13. The average molecular weight is 435 g/mol. The van der Waals surface area contributed by atoms with Crippen LogP contribution in [0.4, 0.5) is 0 Å². The molecule has 0 fully saturated rings. The van der Waals surface area contributed by atoms with Crippen molar-refractivity contribution < 1.29 is 34.1 Å². The summed E-state index contributed by atoms with van der Waals surface area (Å²) in [6, 6.07) is 5.35. The Morgan fingerprint density at radius 1 is 0.903 bits per heavy atom. The van der Waals surface area contributed by atoms with E-state index in [9.17, 15) is 19.2 Å². The van der Waals surface area contributed by atoms with E-state index in [-0.39, 0.29) is 24.3 Å². The largest absolute Gasteiger partial charge is 0.494 e. The summed E-state index contributed by atoms with van der Waals surface area (Å²) in [6.45, 7) is 0.601. The number of aromatic carboxylic acids is 1. The third kappa shape index (κ3) is 12.4. The molecule has 1 aromatic rings. The standard InChI is InChI=1S/C23H32NO7/c25-16-9-10-20(23(29)30)24-21(26)11-7-5-3-1-2-4-6-8-17-31-19-14-12-18(13-15-19)22(27)28/h12-15,20H,1-11,17H2,(H,24,26)(H,27,28)(H,29,30)/t20-/m0/s1. The number of unbranched alkanes of at least 4 members (excludes halogenated alkanes) is 7. The lowest BCUT2D eigenvalue weighted by molar-refractivity contribution is -0.142. The van der Waals surface area contributed by atoms with E-state index in [4.69, 9.17) is 14.9 Å². The van der Waals surface area contributed by atoms with Crippen LogP contribution in [0.25, 0.3) is 0 Å². The molecular formula is C23H32NO7. The third-order valence-corrected chi connectivity index (χ3v) is 4.84. The third-order valence-electron chi connectivity index (χ3n) is 4.84. The topological polar surface area (TPSA) is 130 Å². The molecule has 0 aromatic heterocycles. The van der Waals surface area contributed by atoms with Gasteiger partial charge in [0.25, 0.3) is 0 Å². The first-order valence-corrected chi connectivity index (χ1v) is 10.8. The zero-order valence-electron chi connectivity index (χ0n) is 17.8. The molecule has 0 saturated carbocycles. The number of nitrogens with one attached hydrogen (secondary N) is 1. The molecule has 8 heteroatoms. The lowest BCUT2D eigenvalue weighted by Crippen LogP contribution is -2.40. The van der Waals surface area contributed by atoms with Gasteiger partial charge >= 0.3 is 11.9 Å². The molecule has 3 N–H and O–H groups in total. The number of amides is 1. The summed E-state index contributed by atoms with van der Waals surface area (Å²) in [6.07, 6.45) is 9.95. The van der Waals surface area contributed by atoms with Crippen molar-refractivity contribution in [3.63, 3.8) is 0 Å². The Balaban J connectivity index is 1.97. The van der Waals surface area contributed by atoms with Crippen LogP contribution >= 0.6 is 0 Å². The normalized spacial score (nSPS) is 11.5. The molecule has 1 amide bonds. The van der Waals surface area contributed by atoms with Crippen molar-refractivity contribution in [2.75, 3.05) is 6.61 Å². The summed E-state index contributed by atoms with van der Waals surface area (Å²) < 4.78 is 5.60. The van der Waals surface area contributed by atoms with Gasteiger partial charge in [-0.3, -0.25) is 9.59 Å². The van der Waals surface area contributed by atoms with Crippen LogP contribution in [0.1, 0.15) is 81.0 Å². The van der Waals surface area contributed by atoms with E-state index >= 15 is 0 Å². The SMILES string of the molecule is O=[C]CC[C@H](NC(=O)CCCCCCCCCCOc1ccc(C(=O)O)cc1)C(=O)O. The summed E-state index contributed by atoms with van der Waals surface area (Å²) in [4.78, 5) is 43.8. The van der Waals surface area contributed by atoms with E-state index in [1.807, 2.05) is 0 Å². The monoisotopic (exact) mass is 434 g/mol. The number of carbonyl (C=O) groups excluding carboxylic acids is 2. The number of hydrogen-bond donors (Lipinski definition) is 3. The van der Waals surface area contributed by atoms with Gasteiger partial charge in [0.15, 0.2) is 6.29 Å². The Hall–Kier alpha value is -2.90. The first-order valence-electron chi connectivity index (χ1n) is 10.8. The summed E-state index contributed by atoms with van der Waals surface area (Å²) >= 11 is 0. The second-order valence-electron chi connectivity index (χ2n) is 7.40. The molecule has 0 aliphatic rings. The van der Waals surface area contributed by atoms with E-state index < -0.39 is 18.0 Å². The molecule has 1 radical (unpaired) electrons. The summed E-state index contributed by atoms with van der Waals surface area (Å²) in [5.74, 6) is -1.71. The highest BCUT2D eigenvalue weighted by atomic mass is 16.5. The van der Waals surface area contributed by atoms with Gasteiger partial charge in [0.1, 0.15) is 11.8 Å². The summed E-state index contributed by atoms with van der Waals surface area (Å²) in [5.41, 5.74) is 0.241. The fraction of sp³-hybridized carbons (Fsp3) is 0.565. The Bertz CT molecular complexity index is 688. The van der Waals surface area contributed by atoms with E-state index in [1.54, 1.807) is 18.4 Å². The molecule has 1 rings (SSSR count). The number of carboxylic acid groups (broad SMARTS) is 2. The smallest absolute Gasteiger partial charge is 0.335 e. The molecule has 8 nitrogen and oxygen atoms in total. The van der Waals surface area contributed by atoms with Gasteiger partial charge in [-0.1, -0.05) is 38.5 Å². The highest BCUT2D eigenvalue weighted by Gasteiger charge is 2.19. The first-order chi connectivity index (χ1) is 14.9. The summed E-state index contributed by atoms with van der Waals surface area (Å²) in [5, 5.41) is 20.3. The number of carboxylic acids is 2. The number of rotatable bonds is 18. The number of ether oxygens (including phenoxy) is 1. The van der Waals surface area contributed by atoms with E-state index in [1.165, 1.54) is 12.1 Å². The number of carbonyl (C=O) groups is 3. The number of aliphatic carboxylic acids is 1. The van der Waals surface area contributed by atoms with Crippen molar-refractivity contribution in [1.29, 1.82) is 0 Å². The molecule has 0 heterocycles. The molecule has 0 spiro atoms. The molecule has 31 heavy (non-hydrogen) atoms. The van der Waals surface area contributed by atoms with Crippen LogP contribution < -0.4 is 10.1 Å². The minimum absolute atomic E-state index is 0.0107. The maximum atomic E-state index is 11.8. The van der Waals surface area contributed by atoms with Crippen molar-refractivity contribution in [1.82, 2.24) is 5.32 Å². The van der Waals surface area contributed by atoms with Crippen LogP contribution in [0.5, 0.6) is 5.75 Å². The molecule has 1 atom stereocenters. The summed E-state index contributed by atoms with van der Waals surface area (Å²) in [7, 11) is 0. The predicted octanol–water partition coefficient (Wildman–Crippen LogP) is 3.73. The van der Waals surface area contributed by atoms with Crippen molar-refractivity contribution in [2.45, 2.75) is 76.7 Å². The minimum Gasteiger partial charge on any atom is -0.494 e. The van der Waals surface area contributed by atoms with E-state index in [0.717, 1.165) is 44.9 Å². The van der Waals surface area contributed by atoms with Gasteiger partial charge < -0.3 is 20.3 Å². The zero-order valence-corrected chi connectivity index (χ0v) is 17.8. The molecule has 0 bridgehead atoms. The van der Waals surface area contributed by atoms with Gasteiger partial charge in [0.05, 0.1) is 12.2 Å². The van der Waals surface area contributed by atoms with Gasteiger partial charge in [0, 0.05) is 12.8 Å². The fourth-order valence-electron chi connectivity index (χ4n) is 3.06.